The summed E-state index contributed by atoms with van der Waals surface area (Å²) in [6.07, 6.45) is -3.05. The van der Waals surface area contributed by atoms with Gasteiger partial charge in [-0.15, -0.1) is 12.4 Å². The van der Waals surface area contributed by atoms with Crippen molar-refractivity contribution in [2.75, 3.05) is 32.7 Å². The number of nitrogens with one attached hydrogen (secondary N) is 3. The average Bonchev–Trinajstić information content (AvgIpc) is 3.16. The Bertz CT molecular complexity index is 833. The molecule has 1 atom stereocenters. The van der Waals surface area contributed by atoms with Crippen LogP contribution >= 0.6 is 12.4 Å². The van der Waals surface area contributed by atoms with Crippen LogP contribution in [0.2, 0.25) is 0 Å². The van der Waals surface area contributed by atoms with Crippen LogP contribution in [0.3, 0.4) is 0 Å². The molecule has 7 nitrogen and oxygen atoms in total. The Balaban J connectivity index is 0.00000280. The molecule has 1 saturated heterocycles. The van der Waals surface area contributed by atoms with Crippen molar-refractivity contribution in [2.24, 2.45) is 0 Å². The molecular formula is C17H20ClF3N4O3. The summed E-state index contributed by atoms with van der Waals surface area (Å²) in [6.45, 7) is 0.752. The van der Waals surface area contributed by atoms with E-state index in [1.165, 1.54) is 23.3 Å². The number of aromatic nitrogens is 1. The molecule has 0 radical (unpaired) electrons. The lowest BCUT2D eigenvalue weighted by Gasteiger charge is -2.35. The Kier molecular flexibility index (Phi) is 7.28. The van der Waals surface area contributed by atoms with Gasteiger partial charge in [-0.1, -0.05) is 0 Å². The summed E-state index contributed by atoms with van der Waals surface area (Å²) in [6, 6.07) is 4.20. The van der Waals surface area contributed by atoms with Gasteiger partial charge in [0.1, 0.15) is 17.4 Å². The molecule has 1 fully saturated rings. The largest absolute Gasteiger partial charge is 0.463 e. The smallest absolute Gasteiger partial charge is 0.405 e. The number of nitrogens with zero attached hydrogens (tertiary/aromatic N) is 1. The topological polar surface area (TPSA) is 90.4 Å². The predicted molar refractivity (Wildman–Crippen MR) is 98.6 cm³/mol. The van der Waals surface area contributed by atoms with Crippen molar-refractivity contribution in [2.45, 2.75) is 12.2 Å². The van der Waals surface area contributed by atoms with Gasteiger partial charge in [0.05, 0.1) is 12.0 Å². The van der Waals surface area contributed by atoms with E-state index < -0.39 is 30.2 Å². The number of H-pyrrole nitrogens is 1. The standard InChI is InChI=1S/C17H19F3N4O3.ClH/c18-17(19,20)14(24-7-5-21-6-8-24)10-22-15(25)11-3-4-12(23-16(11)26)13-2-1-9-27-13;/h1-4,9,14,21H,5-8,10H2,(H,22,25)(H,23,26);1H. The van der Waals surface area contributed by atoms with Gasteiger partial charge in [-0.3, -0.25) is 14.5 Å². The highest BCUT2D eigenvalue weighted by molar-refractivity contribution is 5.94. The second kappa shape index (κ2) is 9.26. The Hall–Kier alpha value is -2.30. The van der Waals surface area contributed by atoms with Crippen molar-refractivity contribution >= 4 is 18.3 Å². The number of hydrogen-bond donors (Lipinski definition) is 3. The fourth-order valence-corrected chi connectivity index (χ4v) is 2.96. The zero-order valence-corrected chi connectivity index (χ0v) is 15.5. The summed E-state index contributed by atoms with van der Waals surface area (Å²) in [5.74, 6) is -0.443. The molecule has 1 amide bonds. The molecule has 0 spiro atoms. The van der Waals surface area contributed by atoms with Gasteiger partial charge in [0.25, 0.3) is 11.5 Å². The Morgan fingerprint density at radius 2 is 1.96 bits per heavy atom. The first kappa shape index (κ1) is 22.0. The van der Waals surface area contributed by atoms with Gasteiger partial charge in [-0.25, -0.2) is 0 Å². The molecular weight excluding hydrogens is 401 g/mol. The molecule has 28 heavy (non-hydrogen) atoms. The van der Waals surface area contributed by atoms with E-state index in [9.17, 15) is 22.8 Å². The molecule has 3 N–H and O–H groups in total. The third kappa shape index (κ3) is 5.15. The van der Waals surface area contributed by atoms with E-state index in [0.717, 1.165) is 0 Å². The summed E-state index contributed by atoms with van der Waals surface area (Å²) < 4.78 is 45.2. The van der Waals surface area contributed by atoms with Crippen LogP contribution in [0, 0.1) is 0 Å². The third-order valence-electron chi connectivity index (χ3n) is 4.37. The van der Waals surface area contributed by atoms with Crippen LogP contribution in [0.4, 0.5) is 13.2 Å². The lowest BCUT2D eigenvalue weighted by atomic mass is 10.2. The second-order valence-corrected chi connectivity index (χ2v) is 6.15. The minimum absolute atomic E-state index is 0. The molecule has 11 heteroatoms. The SMILES string of the molecule is Cl.O=C(NCC(N1CCNCC1)C(F)(F)F)c1ccc(-c2ccco2)[nH]c1=O. The zero-order chi connectivity index (χ0) is 19.4. The van der Waals surface area contributed by atoms with E-state index in [0.29, 0.717) is 24.5 Å². The summed E-state index contributed by atoms with van der Waals surface area (Å²) in [5, 5.41) is 5.22. The number of pyridine rings is 1. The quantitative estimate of drug-likeness (QED) is 0.684. The predicted octanol–water partition coefficient (Wildman–Crippen LogP) is 1.62. The van der Waals surface area contributed by atoms with Crippen molar-refractivity contribution in [1.29, 1.82) is 0 Å². The molecule has 0 saturated carbocycles. The summed E-state index contributed by atoms with van der Waals surface area (Å²) in [5.41, 5.74) is -0.589. The summed E-state index contributed by atoms with van der Waals surface area (Å²) in [4.78, 5) is 28.1. The van der Waals surface area contributed by atoms with Gasteiger partial charge in [-0.2, -0.15) is 13.2 Å². The Labute approximate surface area is 164 Å². The monoisotopic (exact) mass is 420 g/mol. The van der Waals surface area contributed by atoms with E-state index in [2.05, 4.69) is 15.6 Å². The van der Waals surface area contributed by atoms with E-state index in [1.54, 1.807) is 12.1 Å². The van der Waals surface area contributed by atoms with Gasteiger partial charge in [0.2, 0.25) is 0 Å². The van der Waals surface area contributed by atoms with Crippen LogP contribution in [0.1, 0.15) is 10.4 Å². The highest BCUT2D eigenvalue weighted by Gasteiger charge is 2.43. The number of aromatic amines is 1. The number of halogens is 4. The highest BCUT2D eigenvalue weighted by Crippen LogP contribution is 2.25. The summed E-state index contributed by atoms with van der Waals surface area (Å²) in [7, 11) is 0. The van der Waals surface area contributed by atoms with Crippen LogP contribution in [-0.2, 0) is 0 Å². The molecule has 0 bridgehead atoms. The van der Waals surface area contributed by atoms with Crippen LogP contribution < -0.4 is 16.2 Å². The number of rotatable bonds is 5. The zero-order valence-electron chi connectivity index (χ0n) is 14.7. The number of carbonyl (C=O) groups excluding carboxylic acids is 1. The Morgan fingerprint density at radius 3 is 2.54 bits per heavy atom. The van der Waals surface area contributed by atoms with Crippen LogP contribution in [0.15, 0.2) is 39.7 Å². The highest BCUT2D eigenvalue weighted by atomic mass is 35.5. The van der Waals surface area contributed by atoms with E-state index in [4.69, 9.17) is 4.42 Å². The maximum atomic E-state index is 13.4. The van der Waals surface area contributed by atoms with Crippen LogP contribution in [0.25, 0.3) is 11.5 Å². The minimum atomic E-state index is -4.49. The molecule has 2 aromatic heterocycles. The molecule has 2 aromatic rings. The van der Waals surface area contributed by atoms with Crippen LogP contribution in [-0.4, -0.2) is 60.7 Å². The number of alkyl halides is 3. The number of hydrogen-bond acceptors (Lipinski definition) is 5. The van der Waals surface area contributed by atoms with E-state index in [-0.39, 0.29) is 31.1 Å². The number of furan rings is 1. The van der Waals surface area contributed by atoms with Crippen molar-refractivity contribution < 1.29 is 22.4 Å². The molecule has 3 heterocycles. The maximum absolute atomic E-state index is 13.4. The second-order valence-electron chi connectivity index (χ2n) is 6.15. The molecule has 1 aliphatic heterocycles. The van der Waals surface area contributed by atoms with E-state index >= 15 is 0 Å². The molecule has 1 aliphatic rings. The Morgan fingerprint density at radius 1 is 1.25 bits per heavy atom. The van der Waals surface area contributed by atoms with Crippen molar-refractivity contribution in [1.82, 2.24) is 20.5 Å². The van der Waals surface area contributed by atoms with Gasteiger partial charge in [-0.05, 0) is 24.3 Å². The first-order valence-corrected chi connectivity index (χ1v) is 8.43. The lowest BCUT2D eigenvalue weighted by Crippen LogP contribution is -2.57. The van der Waals surface area contributed by atoms with Crippen molar-refractivity contribution in [3.8, 4) is 11.5 Å². The van der Waals surface area contributed by atoms with Crippen molar-refractivity contribution in [3.63, 3.8) is 0 Å². The van der Waals surface area contributed by atoms with Crippen molar-refractivity contribution in [3.05, 3.63) is 46.4 Å². The maximum Gasteiger partial charge on any atom is 0.405 e. The molecule has 3 rings (SSSR count). The van der Waals surface area contributed by atoms with E-state index in [1.807, 2.05) is 0 Å². The molecule has 0 aliphatic carbocycles. The summed E-state index contributed by atoms with van der Waals surface area (Å²) >= 11 is 0. The minimum Gasteiger partial charge on any atom is -0.463 e. The van der Waals surface area contributed by atoms with Gasteiger partial charge >= 0.3 is 6.18 Å². The van der Waals surface area contributed by atoms with Gasteiger partial charge in [0.15, 0.2) is 0 Å². The lowest BCUT2D eigenvalue weighted by molar-refractivity contribution is -0.183. The molecule has 154 valence electrons. The molecule has 1 unspecified atom stereocenters. The number of piperazine rings is 1. The van der Waals surface area contributed by atoms with Gasteiger partial charge < -0.3 is 20.0 Å². The number of amides is 1. The molecule has 0 aromatic carbocycles. The van der Waals surface area contributed by atoms with Gasteiger partial charge in [0, 0.05) is 32.7 Å². The van der Waals surface area contributed by atoms with Crippen LogP contribution in [0.5, 0.6) is 0 Å². The first-order chi connectivity index (χ1) is 12.9. The number of carbonyl (C=O) groups is 1. The normalized spacial score (nSPS) is 16.2. The third-order valence-corrected chi connectivity index (χ3v) is 4.37. The fourth-order valence-electron chi connectivity index (χ4n) is 2.96. The first-order valence-electron chi connectivity index (χ1n) is 8.43. The fraction of sp³-hybridized carbons (Fsp3) is 0.412. The average molecular weight is 421 g/mol.